The third-order valence-corrected chi connectivity index (χ3v) is 6.07. The summed E-state index contributed by atoms with van der Waals surface area (Å²) in [7, 11) is 0. The summed E-state index contributed by atoms with van der Waals surface area (Å²) in [6, 6.07) is 5.69. The van der Waals surface area contributed by atoms with Crippen molar-refractivity contribution in [1.82, 2.24) is 4.90 Å². The molecule has 1 saturated heterocycles. The topological polar surface area (TPSA) is 146 Å². The number of hydrogen-bond donors (Lipinski definition) is 3. The molecule has 0 radical (unpaired) electrons. The second-order valence-electron chi connectivity index (χ2n) is 8.09. The molecule has 1 aromatic carbocycles. The number of aryl methyl sites for hydroxylation is 1. The molecule has 0 aliphatic carbocycles. The number of hydrogen-bond acceptors (Lipinski definition) is 7. The third-order valence-electron chi connectivity index (χ3n) is 6.07. The summed E-state index contributed by atoms with van der Waals surface area (Å²) in [6.07, 6.45) is -1.75. The number of aliphatic hydroxyl groups excluding tert-OH is 1. The smallest absolute Gasteiger partial charge is 0.411 e. The number of aliphatic hydroxyl groups is 1. The first-order chi connectivity index (χ1) is 15.1. The number of nitrogens with one attached hydrogen (secondary N) is 1. The quantitative estimate of drug-likeness (QED) is 0.470. The van der Waals surface area contributed by atoms with Gasteiger partial charge in [-0.3, -0.25) is 10.1 Å². The molecule has 0 spiro atoms. The molecule has 1 fully saturated rings. The molecular weight excluding hydrogens is 420 g/mol. The highest BCUT2D eigenvalue weighted by atomic mass is 16.5. The molecule has 1 aromatic heterocycles. The van der Waals surface area contributed by atoms with E-state index >= 15 is 0 Å². The van der Waals surface area contributed by atoms with E-state index in [4.69, 9.17) is 9.15 Å². The second-order valence-corrected chi connectivity index (χ2v) is 8.09. The molecule has 3 N–H and O–H groups in total. The van der Waals surface area contributed by atoms with Gasteiger partial charge in [-0.05, 0) is 31.5 Å². The Morgan fingerprint density at radius 3 is 2.66 bits per heavy atom. The third kappa shape index (κ3) is 3.42. The Morgan fingerprint density at radius 2 is 2.00 bits per heavy atom. The number of nitrogens with zero attached hydrogens (tertiary/aromatic N) is 1. The maximum absolute atomic E-state index is 12.3. The molecule has 4 rings (SSSR count). The molecule has 10 heteroatoms. The molecular formula is C22H22N2O8. The van der Waals surface area contributed by atoms with Crippen LogP contribution in [-0.2, 0) is 14.3 Å². The van der Waals surface area contributed by atoms with Crippen LogP contribution in [0.5, 0.6) is 0 Å². The van der Waals surface area contributed by atoms with Crippen LogP contribution in [0.4, 0.5) is 10.5 Å². The van der Waals surface area contributed by atoms with E-state index in [1.807, 2.05) is 0 Å². The van der Waals surface area contributed by atoms with Crippen LogP contribution in [0.15, 0.2) is 44.7 Å². The lowest BCUT2D eigenvalue weighted by Gasteiger charge is -2.46. The standard InChI is InChI=1S/C22H22N2O8/c1-9-6-16(26)32-15-7-12(4-5-13(9)15)23-22(30)31-8-14-10(2)18-17(11(3)25)20(27)24(18)19(14)21(28)29/h4-7,10-11,17-18,25H,8H2,1-3H3,(H,23,30)(H,28,29)/t10-,11?,17+,18+/m0/s1. The Kier molecular flexibility index (Phi) is 5.25. The fourth-order valence-electron chi connectivity index (χ4n) is 4.53. The SMILES string of the molecule is Cc1cc(=O)oc2cc(NC(=O)OCC3=C(C(=O)O)N4C(=O)[C@H](C(C)O)[C@H]4[C@H]3C)ccc12. The van der Waals surface area contributed by atoms with Crippen LogP contribution in [0.25, 0.3) is 11.0 Å². The summed E-state index contributed by atoms with van der Waals surface area (Å²) in [5.74, 6) is -2.84. The normalized spacial score (nSPS) is 23.1. The minimum atomic E-state index is -1.30. The minimum absolute atomic E-state index is 0.208. The Morgan fingerprint density at radius 1 is 1.28 bits per heavy atom. The number of carboxylic acids is 1. The van der Waals surface area contributed by atoms with Gasteiger partial charge in [-0.15, -0.1) is 0 Å². The summed E-state index contributed by atoms with van der Waals surface area (Å²) in [6.45, 7) is 4.66. The van der Waals surface area contributed by atoms with Gasteiger partial charge in [0, 0.05) is 34.7 Å². The highest BCUT2D eigenvalue weighted by Gasteiger charge is 2.59. The van der Waals surface area contributed by atoms with Crippen molar-refractivity contribution in [3.8, 4) is 0 Å². The van der Waals surface area contributed by atoms with Crippen LogP contribution in [-0.4, -0.2) is 51.8 Å². The van der Waals surface area contributed by atoms with E-state index in [1.165, 1.54) is 19.1 Å². The lowest BCUT2D eigenvalue weighted by Crippen LogP contribution is -2.63. The van der Waals surface area contributed by atoms with Crippen LogP contribution in [0.2, 0.25) is 0 Å². The number of amides is 2. The predicted molar refractivity (Wildman–Crippen MR) is 112 cm³/mol. The number of β-lactam (4-membered cyclic amide) rings is 1. The van der Waals surface area contributed by atoms with Crippen LogP contribution in [0.1, 0.15) is 19.4 Å². The number of carbonyl (C=O) groups excluding carboxylic acids is 2. The average Bonchev–Trinajstić information content (AvgIpc) is 2.94. The molecule has 2 aliphatic heterocycles. The second kappa shape index (κ2) is 7.79. The van der Waals surface area contributed by atoms with E-state index in [2.05, 4.69) is 5.32 Å². The van der Waals surface area contributed by atoms with Crippen molar-refractivity contribution in [2.24, 2.45) is 11.8 Å². The van der Waals surface area contributed by atoms with E-state index in [0.717, 1.165) is 15.8 Å². The van der Waals surface area contributed by atoms with Crippen LogP contribution in [0, 0.1) is 18.8 Å². The van der Waals surface area contributed by atoms with E-state index in [0.29, 0.717) is 16.8 Å². The van der Waals surface area contributed by atoms with Gasteiger partial charge >= 0.3 is 17.7 Å². The molecule has 2 amide bonds. The Bertz CT molecular complexity index is 1230. The van der Waals surface area contributed by atoms with Gasteiger partial charge in [0.05, 0.1) is 18.1 Å². The molecule has 32 heavy (non-hydrogen) atoms. The maximum atomic E-state index is 12.3. The molecule has 10 nitrogen and oxygen atoms in total. The Labute approximate surface area is 182 Å². The predicted octanol–water partition coefficient (Wildman–Crippen LogP) is 1.85. The zero-order chi connectivity index (χ0) is 23.3. The number of ether oxygens (including phenoxy) is 1. The van der Waals surface area contributed by atoms with Crippen molar-refractivity contribution in [2.45, 2.75) is 32.9 Å². The number of benzene rings is 1. The fourth-order valence-corrected chi connectivity index (χ4v) is 4.53. The van der Waals surface area contributed by atoms with E-state index in [9.17, 15) is 29.4 Å². The van der Waals surface area contributed by atoms with Crippen molar-refractivity contribution in [3.05, 3.63) is 51.5 Å². The highest BCUT2D eigenvalue weighted by molar-refractivity contribution is 6.00. The van der Waals surface area contributed by atoms with E-state index in [-0.39, 0.29) is 12.3 Å². The van der Waals surface area contributed by atoms with Gasteiger partial charge in [-0.25, -0.2) is 14.4 Å². The summed E-state index contributed by atoms with van der Waals surface area (Å²) in [4.78, 5) is 49.2. The largest absolute Gasteiger partial charge is 0.477 e. The average molecular weight is 442 g/mol. The number of fused-ring (bicyclic) bond motifs is 2. The first-order valence-corrected chi connectivity index (χ1v) is 10.1. The van der Waals surface area contributed by atoms with Crippen molar-refractivity contribution in [3.63, 3.8) is 0 Å². The number of aliphatic carboxylic acids is 1. The first-order valence-electron chi connectivity index (χ1n) is 10.1. The molecule has 2 aliphatic rings. The van der Waals surface area contributed by atoms with E-state index < -0.39 is 47.6 Å². The number of anilines is 1. The van der Waals surface area contributed by atoms with Crippen LogP contribution < -0.4 is 10.9 Å². The van der Waals surface area contributed by atoms with Crippen LogP contribution in [0.3, 0.4) is 0 Å². The van der Waals surface area contributed by atoms with Gasteiger partial charge in [0.25, 0.3) is 0 Å². The Hall–Kier alpha value is -3.66. The first kappa shape index (κ1) is 21.6. The zero-order valence-electron chi connectivity index (χ0n) is 17.6. The zero-order valence-corrected chi connectivity index (χ0v) is 17.6. The summed E-state index contributed by atoms with van der Waals surface area (Å²) in [5, 5.41) is 22.7. The molecule has 0 bridgehead atoms. The summed E-state index contributed by atoms with van der Waals surface area (Å²) in [5.41, 5.74) is 0.960. The van der Waals surface area contributed by atoms with Gasteiger partial charge in [-0.2, -0.15) is 0 Å². The lowest BCUT2D eigenvalue weighted by atomic mass is 9.78. The molecule has 3 heterocycles. The molecule has 1 unspecified atom stereocenters. The maximum Gasteiger partial charge on any atom is 0.411 e. The van der Waals surface area contributed by atoms with Crippen LogP contribution >= 0.6 is 0 Å². The van der Waals surface area contributed by atoms with Gasteiger partial charge in [0.1, 0.15) is 17.9 Å². The molecule has 168 valence electrons. The monoisotopic (exact) mass is 442 g/mol. The van der Waals surface area contributed by atoms with Crippen molar-refractivity contribution < 1.29 is 33.8 Å². The molecule has 0 saturated carbocycles. The lowest BCUT2D eigenvalue weighted by molar-refractivity contribution is -0.163. The van der Waals surface area contributed by atoms with E-state index in [1.54, 1.807) is 26.0 Å². The van der Waals surface area contributed by atoms with Crippen molar-refractivity contribution >= 4 is 34.6 Å². The fraction of sp³-hybridized carbons (Fsp3) is 0.364. The van der Waals surface area contributed by atoms with Gasteiger partial charge in [-0.1, -0.05) is 6.92 Å². The molecule has 4 atom stereocenters. The minimum Gasteiger partial charge on any atom is -0.477 e. The van der Waals surface area contributed by atoms with Gasteiger partial charge in [0.15, 0.2) is 0 Å². The summed E-state index contributed by atoms with van der Waals surface area (Å²) < 4.78 is 10.4. The van der Waals surface area contributed by atoms with Crippen molar-refractivity contribution in [2.75, 3.05) is 11.9 Å². The highest BCUT2D eigenvalue weighted by Crippen LogP contribution is 2.47. The summed E-state index contributed by atoms with van der Waals surface area (Å²) >= 11 is 0. The number of carbonyl (C=O) groups is 3. The molecule has 2 aromatic rings. The van der Waals surface area contributed by atoms with Gasteiger partial charge < -0.3 is 24.3 Å². The Balaban J connectivity index is 1.49. The van der Waals surface area contributed by atoms with Crippen molar-refractivity contribution in [1.29, 1.82) is 0 Å². The number of carboxylic acid groups (broad SMARTS) is 1. The van der Waals surface area contributed by atoms with Gasteiger partial charge in [0.2, 0.25) is 5.91 Å². The number of rotatable bonds is 5.